The highest BCUT2D eigenvalue weighted by atomic mass is 35.5. The van der Waals surface area contributed by atoms with Gasteiger partial charge in [0.2, 0.25) is 0 Å². The van der Waals surface area contributed by atoms with Gasteiger partial charge in [0.25, 0.3) is 5.91 Å². The number of halogens is 4. The van der Waals surface area contributed by atoms with Crippen molar-refractivity contribution >= 4 is 40.8 Å². The van der Waals surface area contributed by atoms with E-state index in [2.05, 4.69) is 0 Å². The molecule has 1 saturated heterocycles. The highest BCUT2D eigenvalue weighted by molar-refractivity contribution is 6.43. The second-order valence-electron chi connectivity index (χ2n) is 6.41. The van der Waals surface area contributed by atoms with Gasteiger partial charge in [-0.2, -0.15) is 0 Å². The molecule has 146 valence electrons. The average molecular weight is 425 g/mol. The predicted octanol–water partition coefficient (Wildman–Crippen LogP) is 4.42. The van der Waals surface area contributed by atoms with Crippen LogP contribution >= 0.6 is 23.2 Å². The van der Waals surface area contributed by atoms with E-state index in [1.807, 2.05) is 0 Å². The zero-order valence-electron chi connectivity index (χ0n) is 14.8. The molecule has 1 atom stereocenters. The number of hydrogen-bond donors (Lipinski definition) is 2. The minimum atomic E-state index is -0.880. The molecule has 0 bridgehead atoms. The Morgan fingerprint density at radius 3 is 2.57 bits per heavy atom. The number of amides is 1. The Kier molecular flexibility index (Phi) is 5.67. The molecule has 1 aliphatic rings. The molecular formula is C19H16Cl2F2N4O. The molecule has 1 amide bonds. The molecule has 5 nitrogen and oxygen atoms in total. The van der Waals surface area contributed by atoms with Crippen molar-refractivity contribution in [1.82, 2.24) is 9.80 Å². The lowest BCUT2D eigenvalue weighted by Crippen LogP contribution is -2.58. The first-order valence-electron chi connectivity index (χ1n) is 8.34. The number of carbonyl (C=O) groups excluding carboxylic acids is 1. The summed E-state index contributed by atoms with van der Waals surface area (Å²) < 4.78 is 27.1. The van der Waals surface area contributed by atoms with Crippen LogP contribution in [0.15, 0.2) is 36.4 Å². The molecule has 3 rings (SSSR count). The van der Waals surface area contributed by atoms with Crippen LogP contribution in [0.3, 0.4) is 0 Å². The molecular weight excluding hydrogens is 409 g/mol. The largest absolute Gasteiger partial charge is 0.327 e. The average Bonchev–Trinajstić information content (AvgIpc) is 2.64. The maximum atomic E-state index is 14.0. The zero-order chi connectivity index (χ0) is 20.6. The van der Waals surface area contributed by atoms with Gasteiger partial charge in [0.15, 0.2) is 0 Å². The van der Waals surface area contributed by atoms with Crippen LogP contribution in [0.25, 0.3) is 0 Å². The van der Waals surface area contributed by atoms with Gasteiger partial charge in [-0.15, -0.1) is 0 Å². The molecule has 1 fully saturated rings. The number of rotatable bonds is 2. The maximum absolute atomic E-state index is 14.0. The van der Waals surface area contributed by atoms with Crippen molar-refractivity contribution < 1.29 is 13.6 Å². The van der Waals surface area contributed by atoms with Gasteiger partial charge < -0.3 is 9.80 Å². The van der Waals surface area contributed by atoms with Crippen LogP contribution < -0.4 is 0 Å². The second kappa shape index (κ2) is 7.85. The number of hydrogen-bond acceptors (Lipinski definition) is 3. The topological polar surface area (TPSA) is 71.2 Å². The molecule has 1 unspecified atom stereocenters. The fourth-order valence-electron chi connectivity index (χ4n) is 3.02. The van der Waals surface area contributed by atoms with Gasteiger partial charge in [0.05, 0.1) is 27.7 Å². The van der Waals surface area contributed by atoms with Crippen LogP contribution in [0, 0.1) is 22.5 Å². The molecule has 9 heteroatoms. The van der Waals surface area contributed by atoms with E-state index in [9.17, 15) is 13.6 Å². The quantitative estimate of drug-likeness (QED) is 0.553. The Labute approximate surface area is 170 Å². The highest BCUT2D eigenvalue weighted by Crippen LogP contribution is 2.28. The van der Waals surface area contributed by atoms with Crippen LogP contribution in [-0.4, -0.2) is 46.5 Å². The number of nitrogens with zero attached hydrogens (tertiary/aromatic N) is 2. The van der Waals surface area contributed by atoms with E-state index in [0.29, 0.717) is 6.07 Å². The Hall–Kier alpha value is -2.51. The van der Waals surface area contributed by atoms with Crippen molar-refractivity contribution in [1.29, 1.82) is 10.8 Å². The van der Waals surface area contributed by atoms with Crippen LogP contribution in [0.4, 0.5) is 8.78 Å². The predicted molar refractivity (Wildman–Crippen MR) is 105 cm³/mol. The molecule has 0 spiro atoms. The summed E-state index contributed by atoms with van der Waals surface area (Å²) in [6, 6.07) is 7.26. The van der Waals surface area contributed by atoms with E-state index in [-0.39, 0.29) is 57.9 Å². The smallest absolute Gasteiger partial charge is 0.256 e. The summed E-state index contributed by atoms with van der Waals surface area (Å²) >= 11 is 12.1. The molecule has 0 radical (unpaired) electrons. The Morgan fingerprint density at radius 1 is 1.18 bits per heavy atom. The first kappa shape index (κ1) is 20.2. The lowest BCUT2D eigenvalue weighted by atomic mass is 10.1. The second-order valence-corrected chi connectivity index (χ2v) is 7.20. The Morgan fingerprint density at radius 2 is 1.89 bits per heavy atom. The van der Waals surface area contributed by atoms with Gasteiger partial charge in [-0.25, -0.2) is 8.78 Å². The summed E-state index contributed by atoms with van der Waals surface area (Å²) in [7, 11) is 0. The van der Waals surface area contributed by atoms with Gasteiger partial charge in [-0.3, -0.25) is 15.6 Å². The standard InChI is InChI=1S/C19H16Cl2F2N4O/c1-10-8-27(18(25)12-6-5-11(22)7-15(12)23)16(24)9-26(10)19(28)13-3-2-4-14(20)17(13)21/h2-7,10,24-25H,8-9H2,1H3. The highest BCUT2D eigenvalue weighted by Gasteiger charge is 2.34. The van der Waals surface area contributed by atoms with Gasteiger partial charge in [-0.05, 0) is 31.2 Å². The van der Waals surface area contributed by atoms with Crippen LogP contribution in [0.5, 0.6) is 0 Å². The summed E-state index contributed by atoms with van der Waals surface area (Å²) in [5.74, 6) is -2.33. The lowest BCUT2D eigenvalue weighted by molar-refractivity contribution is 0.0683. The number of carbonyl (C=O) groups is 1. The lowest BCUT2D eigenvalue weighted by Gasteiger charge is -2.41. The van der Waals surface area contributed by atoms with Crippen molar-refractivity contribution in [2.45, 2.75) is 13.0 Å². The van der Waals surface area contributed by atoms with Crippen molar-refractivity contribution in [3.8, 4) is 0 Å². The molecule has 2 aromatic carbocycles. The van der Waals surface area contributed by atoms with E-state index >= 15 is 0 Å². The van der Waals surface area contributed by atoms with Gasteiger partial charge >= 0.3 is 0 Å². The van der Waals surface area contributed by atoms with Crippen LogP contribution in [-0.2, 0) is 0 Å². The number of amidine groups is 2. The van der Waals surface area contributed by atoms with E-state index < -0.39 is 11.6 Å². The monoisotopic (exact) mass is 424 g/mol. The molecule has 28 heavy (non-hydrogen) atoms. The van der Waals surface area contributed by atoms with Gasteiger partial charge in [0, 0.05) is 18.7 Å². The summed E-state index contributed by atoms with van der Waals surface area (Å²) in [5.41, 5.74) is 0.109. The van der Waals surface area contributed by atoms with Crippen molar-refractivity contribution in [3.05, 3.63) is 69.2 Å². The minimum Gasteiger partial charge on any atom is -0.327 e. The summed E-state index contributed by atoms with van der Waals surface area (Å²) in [6.07, 6.45) is 0. The van der Waals surface area contributed by atoms with Crippen molar-refractivity contribution in [3.63, 3.8) is 0 Å². The first-order valence-corrected chi connectivity index (χ1v) is 9.10. The van der Waals surface area contributed by atoms with E-state index in [1.54, 1.807) is 25.1 Å². The molecule has 1 aliphatic heterocycles. The summed E-state index contributed by atoms with van der Waals surface area (Å²) in [6.45, 7) is 1.77. The molecule has 1 heterocycles. The van der Waals surface area contributed by atoms with E-state index in [4.69, 9.17) is 34.0 Å². The van der Waals surface area contributed by atoms with Crippen molar-refractivity contribution in [2.24, 2.45) is 0 Å². The normalized spacial score (nSPS) is 17.0. The third kappa shape index (κ3) is 3.72. The number of piperazine rings is 1. The molecule has 0 aliphatic carbocycles. The van der Waals surface area contributed by atoms with Gasteiger partial charge in [-0.1, -0.05) is 29.3 Å². The van der Waals surface area contributed by atoms with E-state index in [0.717, 1.165) is 12.1 Å². The van der Waals surface area contributed by atoms with Crippen LogP contribution in [0.1, 0.15) is 22.8 Å². The fraction of sp³-hybridized carbons (Fsp3) is 0.211. The first-order chi connectivity index (χ1) is 13.2. The fourth-order valence-corrected chi connectivity index (χ4v) is 3.41. The molecule has 2 N–H and O–H groups in total. The summed E-state index contributed by atoms with van der Waals surface area (Å²) in [4.78, 5) is 15.6. The zero-order valence-corrected chi connectivity index (χ0v) is 16.3. The third-order valence-electron chi connectivity index (χ3n) is 4.52. The Balaban J connectivity index is 1.82. The number of nitrogens with one attached hydrogen (secondary N) is 2. The SMILES string of the molecule is CC1CN(C(=N)c2ccc(F)cc2F)C(=N)CN1C(=O)c1cccc(Cl)c1Cl. The Bertz CT molecular complexity index is 982. The maximum Gasteiger partial charge on any atom is 0.256 e. The summed E-state index contributed by atoms with van der Waals surface area (Å²) in [5, 5.41) is 16.9. The molecule has 0 aromatic heterocycles. The minimum absolute atomic E-state index is 0.0571. The van der Waals surface area contributed by atoms with Crippen molar-refractivity contribution in [2.75, 3.05) is 13.1 Å². The molecule has 2 aromatic rings. The van der Waals surface area contributed by atoms with E-state index in [1.165, 1.54) is 9.80 Å². The van der Waals surface area contributed by atoms with Crippen LogP contribution in [0.2, 0.25) is 10.0 Å². The van der Waals surface area contributed by atoms with Gasteiger partial charge in [0.1, 0.15) is 23.3 Å². The third-order valence-corrected chi connectivity index (χ3v) is 5.34. The number of benzene rings is 2. The molecule has 0 saturated carbocycles.